The number of hydrogen-bond acceptors (Lipinski definition) is 2. The van der Waals surface area contributed by atoms with Crippen molar-refractivity contribution in [2.45, 2.75) is 6.92 Å². The van der Waals surface area contributed by atoms with Crippen LogP contribution in [0.3, 0.4) is 0 Å². The molecule has 0 amide bonds. The zero-order valence-corrected chi connectivity index (χ0v) is 3.90. The maximum absolute atomic E-state index is 9.49. The van der Waals surface area contributed by atoms with Gasteiger partial charge in [0, 0.05) is 0 Å². The second-order valence-corrected chi connectivity index (χ2v) is 1.07. The first-order valence-electron chi connectivity index (χ1n) is 1.51. The number of carboxylic acid groups (broad SMARTS) is 1. The van der Waals surface area contributed by atoms with Gasteiger partial charge in [-0.05, 0) is 12.5 Å². The lowest BCUT2D eigenvalue weighted by Crippen LogP contribution is -3.00. The molecule has 0 saturated carbocycles. The maximum Gasteiger partial charge on any atom is 0.0666 e. The minimum Gasteiger partial charge on any atom is -1.00 e. The van der Waals surface area contributed by atoms with Crippen LogP contribution >= 0.6 is 0 Å². The van der Waals surface area contributed by atoms with Crippen molar-refractivity contribution in [2.75, 3.05) is 0 Å². The van der Waals surface area contributed by atoms with Crippen LogP contribution in [0.2, 0.25) is 0 Å². The fourth-order valence-corrected chi connectivity index (χ4v) is 0. The fourth-order valence-electron chi connectivity index (χ4n) is 0. The van der Waals surface area contributed by atoms with Gasteiger partial charge in [-0.3, -0.25) is 0 Å². The van der Waals surface area contributed by atoms with Gasteiger partial charge in [-0.25, -0.2) is 0 Å². The molecule has 0 bridgehead atoms. The molecule has 0 aromatic heterocycles. The van der Waals surface area contributed by atoms with Crippen LogP contribution in [0.15, 0.2) is 12.2 Å². The summed E-state index contributed by atoms with van der Waals surface area (Å²) in [5.41, 5.74) is 0.0648. The molecule has 0 aliphatic heterocycles. The Balaban J connectivity index is 0. The van der Waals surface area contributed by atoms with Gasteiger partial charge in [0.15, 0.2) is 0 Å². The molecule has 2 nitrogen and oxygen atoms in total. The van der Waals surface area contributed by atoms with Crippen molar-refractivity contribution in [3.05, 3.63) is 12.2 Å². The Hall–Kier alpha value is -0.860. The summed E-state index contributed by atoms with van der Waals surface area (Å²) in [4.78, 5) is 9.49. The summed E-state index contributed by atoms with van der Waals surface area (Å²) in [7, 11) is 0. The molecule has 0 saturated heterocycles. The van der Waals surface area contributed by atoms with E-state index in [2.05, 4.69) is 6.58 Å². The molecule has 0 atom stereocenters. The summed E-state index contributed by atoms with van der Waals surface area (Å²) >= 11 is 0. The zero-order valence-electron chi connectivity index (χ0n) is 3.90. The lowest BCUT2D eigenvalue weighted by atomic mass is 10.4. The highest BCUT2D eigenvalue weighted by Crippen LogP contribution is 1.77. The van der Waals surface area contributed by atoms with E-state index in [1.54, 1.807) is 0 Å². The van der Waals surface area contributed by atoms with Crippen LogP contribution < -0.4 is 9.81 Å². The van der Waals surface area contributed by atoms with Gasteiger partial charge in [0.25, 0.3) is 0 Å². The van der Waals surface area contributed by atoms with Gasteiger partial charge in [-0.2, -0.15) is 0 Å². The first kappa shape index (κ1) is 9.46. The molecule has 0 heterocycles. The highest BCUT2D eigenvalue weighted by atomic mass is 19.0. The molecule has 0 rings (SSSR count). The smallest absolute Gasteiger partial charge is 0.0666 e. The Kier molecular flexibility index (Phi) is 4.51. The van der Waals surface area contributed by atoms with E-state index in [1.807, 2.05) is 0 Å². The standard InChI is InChI=1S/C4H6O2.FH/c1-3(2)4(5)6;/h1H2,2H3,(H,5,6);1H/p-2. The van der Waals surface area contributed by atoms with Crippen molar-refractivity contribution in [2.24, 2.45) is 0 Å². The van der Waals surface area contributed by atoms with Crippen LogP contribution in [0.4, 0.5) is 0 Å². The molecular weight excluding hydrogens is 99.0 g/mol. The molecule has 0 fully saturated rings. The SMILES string of the molecule is C=C(C)C(=O)[O-].[F-]. The number of carboxylic acids is 1. The van der Waals surface area contributed by atoms with Crippen molar-refractivity contribution in [3.63, 3.8) is 0 Å². The van der Waals surface area contributed by atoms with Crippen LogP contribution in [-0.2, 0) is 4.79 Å². The normalized spacial score (nSPS) is 6.43. The number of halogens is 1. The topological polar surface area (TPSA) is 40.1 Å². The monoisotopic (exact) mass is 104 g/mol. The van der Waals surface area contributed by atoms with E-state index in [9.17, 15) is 9.90 Å². The zero-order chi connectivity index (χ0) is 5.15. The number of aliphatic carboxylic acids is 1. The summed E-state index contributed by atoms with van der Waals surface area (Å²) in [6.07, 6.45) is 0. The molecule has 0 aromatic rings. The Morgan fingerprint density at radius 1 is 1.71 bits per heavy atom. The Bertz CT molecular complexity index is 75.7. The molecule has 0 aliphatic carbocycles. The van der Waals surface area contributed by atoms with Crippen LogP contribution in [0, 0.1) is 0 Å². The van der Waals surface area contributed by atoms with Crippen molar-refractivity contribution in [3.8, 4) is 0 Å². The van der Waals surface area contributed by atoms with Crippen molar-refractivity contribution in [1.82, 2.24) is 0 Å². The van der Waals surface area contributed by atoms with Crippen LogP contribution in [0.1, 0.15) is 6.92 Å². The maximum atomic E-state index is 9.49. The lowest BCUT2D eigenvalue weighted by Gasteiger charge is -1.93. The molecule has 7 heavy (non-hydrogen) atoms. The molecule has 0 unspecified atom stereocenters. The van der Waals surface area contributed by atoms with E-state index in [0.29, 0.717) is 0 Å². The van der Waals surface area contributed by atoms with Crippen LogP contribution in [-0.4, -0.2) is 5.97 Å². The predicted molar refractivity (Wildman–Crippen MR) is 19.8 cm³/mol. The highest BCUT2D eigenvalue weighted by Gasteiger charge is 1.76. The number of hydrogen-bond donors (Lipinski definition) is 0. The Labute approximate surface area is 40.8 Å². The van der Waals surface area contributed by atoms with Crippen molar-refractivity contribution in [1.29, 1.82) is 0 Å². The van der Waals surface area contributed by atoms with Gasteiger partial charge in [-0.15, -0.1) is 0 Å². The summed E-state index contributed by atoms with van der Waals surface area (Å²) in [6.45, 7) is 4.48. The third-order valence-corrected chi connectivity index (χ3v) is 0.348. The number of rotatable bonds is 1. The lowest BCUT2D eigenvalue weighted by molar-refractivity contribution is -0.299. The third kappa shape index (κ3) is 5.14. The largest absolute Gasteiger partial charge is 1.00 e. The van der Waals surface area contributed by atoms with Gasteiger partial charge >= 0.3 is 0 Å². The van der Waals surface area contributed by atoms with E-state index in [0.717, 1.165) is 0 Å². The van der Waals surface area contributed by atoms with E-state index in [-0.39, 0.29) is 10.3 Å². The quantitative estimate of drug-likeness (QED) is 0.321. The predicted octanol–water partition coefficient (Wildman–Crippen LogP) is -3.68. The minimum absolute atomic E-state index is 0. The average Bonchev–Trinajstić information content (AvgIpc) is 1.36. The minimum atomic E-state index is -1.19. The molecule has 0 N–H and O–H groups in total. The Morgan fingerprint density at radius 3 is 1.86 bits per heavy atom. The van der Waals surface area contributed by atoms with Crippen molar-refractivity contribution < 1.29 is 14.6 Å². The molecule has 0 aromatic carbocycles. The third-order valence-electron chi connectivity index (χ3n) is 0.348. The van der Waals surface area contributed by atoms with Gasteiger partial charge in [0.05, 0.1) is 5.97 Å². The second-order valence-electron chi connectivity index (χ2n) is 1.07. The van der Waals surface area contributed by atoms with Crippen LogP contribution in [0.5, 0.6) is 0 Å². The molecule has 0 spiro atoms. The van der Waals surface area contributed by atoms with Gasteiger partial charge < -0.3 is 14.6 Å². The fraction of sp³-hybridized carbons (Fsp3) is 0.250. The van der Waals surface area contributed by atoms with Crippen LogP contribution in [0.25, 0.3) is 0 Å². The first-order chi connectivity index (χ1) is 2.64. The molecule has 3 heteroatoms. The molecule has 42 valence electrons. The van der Waals surface area contributed by atoms with E-state index >= 15 is 0 Å². The molecule has 0 radical (unpaired) electrons. The summed E-state index contributed by atoms with van der Waals surface area (Å²) < 4.78 is 0. The Morgan fingerprint density at radius 2 is 1.86 bits per heavy atom. The summed E-state index contributed by atoms with van der Waals surface area (Å²) in [6, 6.07) is 0. The first-order valence-corrected chi connectivity index (χ1v) is 1.51. The van der Waals surface area contributed by atoms with E-state index in [4.69, 9.17) is 0 Å². The van der Waals surface area contributed by atoms with Crippen molar-refractivity contribution >= 4 is 5.97 Å². The molecular formula is C4H5FO2-2. The van der Waals surface area contributed by atoms with E-state index in [1.165, 1.54) is 6.92 Å². The summed E-state index contributed by atoms with van der Waals surface area (Å²) in [5.74, 6) is -1.19. The highest BCUT2D eigenvalue weighted by molar-refractivity contribution is 5.82. The van der Waals surface area contributed by atoms with Gasteiger partial charge in [0.2, 0.25) is 0 Å². The summed E-state index contributed by atoms with van der Waals surface area (Å²) in [5, 5.41) is 9.49. The van der Waals surface area contributed by atoms with E-state index < -0.39 is 5.97 Å². The van der Waals surface area contributed by atoms with Gasteiger partial charge in [0.1, 0.15) is 0 Å². The van der Waals surface area contributed by atoms with Gasteiger partial charge in [-0.1, -0.05) is 6.58 Å². The molecule has 0 aliphatic rings. The second kappa shape index (κ2) is 3.33. The number of carbonyl (C=O) groups excluding carboxylic acids is 1. The average molecular weight is 104 g/mol. The number of carbonyl (C=O) groups is 1.